The van der Waals surface area contributed by atoms with Gasteiger partial charge in [0.2, 0.25) is 0 Å². The molecule has 100 valence electrons. The Morgan fingerprint density at radius 2 is 2.21 bits per heavy atom. The highest BCUT2D eigenvalue weighted by Gasteiger charge is 2.29. The number of benzene rings is 1. The fraction of sp³-hybridized carbons (Fsp3) is 0.438. The molecule has 0 saturated heterocycles. The van der Waals surface area contributed by atoms with E-state index in [1.54, 1.807) is 0 Å². The summed E-state index contributed by atoms with van der Waals surface area (Å²) in [6.45, 7) is 6.48. The monoisotopic (exact) mass is 272 g/mol. The van der Waals surface area contributed by atoms with E-state index in [4.69, 9.17) is 0 Å². The Morgan fingerprint density at radius 1 is 1.37 bits per heavy atom. The largest absolute Gasteiger partial charge is 0.312 e. The standard InChI is InChI=1S/C16H20N2S/c1-11(2)8-17-9-13-10-18-16(19-13)15-7-12-5-3-4-6-14(12)15/h3-6,10-11,15,17H,7-9H2,1-2H3. The van der Waals surface area contributed by atoms with Crippen LogP contribution in [-0.2, 0) is 13.0 Å². The number of rotatable bonds is 5. The van der Waals surface area contributed by atoms with Gasteiger partial charge in [0, 0.05) is 23.5 Å². The first-order valence-electron chi connectivity index (χ1n) is 6.97. The molecule has 3 heteroatoms. The molecule has 0 fully saturated rings. The fourth-order valence-corrected chi connectivity index (χ4v) is 3.53. The first-order valence-corrected chi connectivity index (χ1v) is 7.79. The van der Waals surface area contributed by atoms with Crippen molar-refractivity contribution in [2.75, 3.05) is 6.54 Å². The highest BCUT2D eigenvalue weighted by molar-refractivity contribution is 7.11. The third-order valence-corrected chi connectivity index (χ3v) is 4.69. The quantitative estimate of drug-likeness (QED) is 0.900. The molecule has 19 heavy (non-hydrogen) atoms. The number of aromatic nitrogens is 1. The van der Waals surface area contributed by atoms with Crippen molar-refractivity contribution in [3.05, 3.63) is 51.5 Å². The molecule has 1 N–H and O–H groups in total. The Kier molecular flexibility index (Phi) is 3.67. The van der Waals surface area contributed by atoms with Crippen LogP contribution in [0.2, 0.25) is 0 Å². The van der Waals surface area contributed by atoms with Gasteiger partial charge in [-0.25, -0.2) is 4.98 Å². The lowest BCUT2D eigenvalue weighted by Gasteiger charge is -2.28. The Bertz CT molecular complexity index is 559. The van der Waals surface area contributed by atoms with Crippen molar-refractivity contribution in [2.45, 2.75) is 32.7 Å². The Balaban J connectivity index is 1.63. The summed E-state index contributed by atoms with van der Waals surface area (Å²) in [7, 11) is 0. The van der Waals surface area contributed by atoms with Crippen molar-refractivity contribution in [1.82, 2.24) is 10.3 Å². The molecule has 1 atom stereocenters. The van der Waals surface area contributed by atoms with E-state index in [9.17, 15) is 0 Å². The van der Waals surface area contributed by atoms with Gasteiger partial charge in [-0.15, -0.1) is 11.3 Å². The van der Waals surface area contributed by atoms with Crippen LogP contribution < -0.4 is 5.32 Å². The number of nitrogens with zero attached hydrogens (tertiary/aromatic N) is 1. The lowest BCUT2D eigenvalue weighted by atomic mass is 9.78. The Hall–Kier alpha value is -1.19. The lowest BCUT2D eigenvalue weighted by Crippen LogP contribution is -2.18. The zero-order valence-electron chi connectivity index (χ0n) is 11.5. The molecule has 0 aliphatic heterocycles. The molecule has 3 rings (SSSR count). The second-order valence-electron chi connectivity index (χ2n) is 5.65. The summed E-state index contributed by atoms with van der Waals surface area (Å²) in [5.74, 6) is 1.24. The second kappa shape index (κ2) is 5.43. The van der Waals surface area contributed by atoms with Gasteiger partial charge in [0.05, 0.1) is 0 Å². The van der Waals surface area contributed by atoms with E-state index in [2.05, 4.69) is 48.4 Å². The lowest BCUT2D eigenvalue weighted by molar-refractivity contribution is 0.554. The number of thiazole rings is 1. The normalized spacial score (nSPS) is 17.3. The molecule has 1 heterocycles. The Morgan fingerprint density at radius 3 is 3.00 bits per heavy atom. The minimum atomic E-state index is 0.542. The van der Waals surface area contributed by atoms with Crippen molar-refractivity contribution in [3.8, 4) is 0 Å². The molecule has 0 amide bonds. The predicted molar refractivity (Wildman–Crippen MR) is 80.6 cm³/mol. The smallest absolute Gasteiger partial charge is 0.101 e. The van der Waals surface area contributed by atoms with Crippen LogP contribution in [0.5, 0.6) is 0 Å². The third kappa shape index (κ3) is 2.72. The van der Waals surface area contributed by atoms with Crippen molar-refractivity contribution in [2.24, 2.45) is 5.92 Å². The van der Waals surface area contributed by atoms with E-state index < -0.39 is 0 Å². The van der Waals surface area contributed by atoms with Crippen molar-refractivity contribution in [1.29, 1.82) is 0 Å². The first kappa shape index (κ1) is 12.8. The molecule has 0 saturated carbocycles. The van der Waals surface area contributed by atoms with Crippen LogP contribution in [0.15, 0.2) is 30.5 Å². The van der Waals surface area contributed by atoms with Gasteiger partial charge in [0.1, 0.15) is 5.01 Å². The molecule has 0 radical (unpaired) electrons. The summed E-state index contributed by atoms with van der Waals surface area (Å²) >= 11 is 1.86. The van der Waals surface area contributed by atoms with Gasteiger partial charge < -0.3 is 5.32 Å². The summed E-state index contributed by atoms with van der Waals surface area (Å²) in [6, 6.07) is 8.72. The van der Waals surface area contributed by atoms with Gasteiger partial charge >= 0.3 is 0 Å². The Labute approximate surface area is 118 Å². The van der Waals surface area contributed by atoms with Crippen molar-refractivity contribution in [3.63, 3.8) is 0 Å². The average Bonchev–Trinajstić information content (AvgIpc) is 2.79. The minimum absolute atomic E-state index is 0.542. The maximum Gasteiger partial charge on any atom is 0.101 e. The molecule has 2 nitrogen and oxygen atoms in total. The molecule has 1 aromatic carbocycles. The van der Waals surface area contributed by atoms with Gasteiger partial charge in [-0.05, 0) is 30.0 Å². The van der Waals surface area contributed by atoms with E-state index in [1.807, 2.05) is 17.5 Å². The molecule has 0 spiro atoms. The summed E-state index contributed by atoms with van der Waals surface area (Å²) in [6.07, 6.45) is 3.19. The maximum atomic E-state index is 4.61. The zero-order chi connectivity index (χ0) is 13.2. The van der Waals surface area contributed by atoms with Crippen LogP contribution in [0.1, 0.15) is 40.8 Å². The number of nitrogens with one attached hydrogen (secondary N) is 1. The van der Waals surface area contributed by atoms with Gasteiger partial charge in [-0.2, -0.15) is 0 Å². The zero-order valence-corrected chi connectivity index (χ0v) is 12.3. The third-order valence-electron chi connectivity index (χ3n) is 3.58. The highest BCUT2D eigenvalue weighted by Crippen LogP contribution is 2.41. The first-order chi connectivity index (χ1) is 9.24. The van der Waals surface area contributed by atoms with Crippen LogP contribution in [-0.4, -0.2) is 11.5 Å². The van der Waals surface area contributed by atoms with E-state index in [0.717, 1.165) is 19.5 Å². The van der Waals surface area contributed by atoms with Gasteiger partial charge in [-0.3, -0.25) is 0 Å². The molecule has 1 aliphatic rings. The van der Waals surface area contributed by atoms with E-state index >= 15 is 0 Å². The van der Waals surface area contributed by atoms with Crippen molar-refractivity contribution < 1.29 is 0 Å². The minimum Gasteiger partial charge on any atom is -0.312 e. The second-order valence-corrected chi connectivity index (χ2v) is 6.79. The van der Waals surface area contributed by atoms with Crippen molar-refractivity contribution >= 4 is 11.3 Å². The van der Waals surface area contributed by atoms with Crippen LogP contribution in [0.4, 0.5) is 0 Å². The fourth-order valence-electron chi connectivity index (χ4n) is 2.53. The average molecular weight is 272 g/mol. The highest BCUT2D eigenvalue weighted by atomic mass is 32.1. The molecule has 1 aromatic heterocycles. The maximum absolute atomic E-state index is 4.61. The molecule has 0 bridgehead atoms. The predicted octanol–water partition coefficient (Wildman–Crippen LogP) is 3.58. The number of hydrogen-bond donors (Lipinski definition) is 1. The van der Waals surface area contributed by atoms with Crippen LogP contribution >= 0.6 is 11.3 Å². The van der Waals surface area contributed by atoms with Gasteiger partial charge in [-0.1, -0.05) is 38.1 Å². The summed E-state index contributed by atoms with van der Waals surface area (Å²) in [5.41, 5.74) is 2.96. The van der Waals surface area contributed by atoms with Crippen LogP contribution in [0.3, 0.4) is 0 Å². The molecular weight excluding hydrogens is 252 g/mol. The SMILES string of the molecule is CC(C)CNCc1cnc(C2Cc3ccccc32)s1. The van der Waals surface area contributed by atoms with E-state index in [0.29, 0.717) is 11.8 Å². The topological polar surface area (TPSA) is 24.9 Å². The number of hydrogen-bond acceptors (Lipinski definition) is 3. The van der Waals surface area contributed by atoms with E-state index in [-0.39, 0.29) is 0 Å². The van der Waals surface area contributed by atoms with Crippen LogP contribution in [0, 0.1) is 5.92 Å². The molecular formula is C16H20N2S. The van der Waals surface area contributed by atoms with Gasteiger partial charge in [0.25, 0.3) is 0 Å². The molecule has 1 unspecified atom stereocenters. The molecule has 2 aromatic rings. The van der Waals surface area contributed by atoms with Crippen LogP contribution in [0.25, 0.3) is 0 Å². The van der Waals surface area contributed by atoms with E-state index in [1.165, 1.54) is 21.0 Å². The van der Waals surface area contributed by atoms with Gasteiger partial charge in [0.15, 0.2) is 0 Å². The number of fused-ring (bicyclic) bond motifs is 1. The molecule has 1 aliphatic carbocycles. The summed E-state index contributed by atoms with van der Waals surface area (Å²) < 4.78 is 0. The summed E-state index contributed by atoms with van der Waals surface area (Å²) in [4.78, 5) is 5.96. The summed E-state index contributed by atoms with van der Waals surface area (Å²) in [5, 5.41) is 4.76.